The molecule has 0 amide bonds. The first kappa shape index (κ1) is 20.9. The molecule has 0 aliphatic heterocycles. The minimum atomic E-state index is -0.302. The lowest BCUT2D eigenvalue weighted by atomic mass is 9.93. The number of ether oxygens (including phenoxy) is 1. The third-order valence-electron chi connectivity index (χ3n) is 5.77. The van der Waals surface area contributed by atoms with Gasteiger partial charge in [0, 0.05) is 36.1 Å². The van der Waals surface area contributed by atoms with Crippen LogP contribution in [-0.4, -0.2) is 37.0 Å². The van der Waals surface area contributed by atoms with Gasteiger partial charge in [-0.1, -0.05) is 31.1 Å². The summed E-state index contributed by atoms with van der Waals surface area (Å²) in [4.78, 5) is 9.03. The van der Waals surface area contributed by atoms with Crippen LogP contribution in [0.3, 0.4) is 0 Å². The standard InChI is InChI=1S/C24H27N5O2S/c1-2-9-29-15-17(13-26-29)16-10-19(14-25-12-16)31-18-7-8-21-23(11-18)32-24(28-21)27-20-5-3-4-6-22(20)30/h7-8,10-15,20,22,30H,2-6,9H2,1H3,(H,27,28)/t20-,22-/m1/s1. The second kappa shape index (κ2) is 9.26. The van der Waals surface area contributed by atoms with Gasteiger partial charge in [-0.2, -0.15) is 5.10 Å². The maximum Gasteiger partial charge on any atom is 0.184 e. The minimum Gasteiger partial charge on any atom is -0.456 e. The fourth-order valence-corrected chi connectivity index (χ4v) is 5.06. The Morgan fingerprint density at radius 1 is 1.12 bits per heavy atom. The van der Waals surface area contributed by atoms with Crippen LogP contribution in [0.1, 0.15) is 39.0 Å². The summed E-state index contributed by atoms with van der Waals surface area (Å²) >= 11 is 1.59. The van der Waals surface area contributed by atoms with Gasteiger partial charge >= 0.3 is 0 Å². The molecule has 4 aromatic rings. The number of aryl methyl sites for hydroxylation is 1. The van der Waals surface area contributed by atoms with E-state index < -0.39 is 0 Å². The number of pyridine rings is 1. The molecule has 1 fully saturated rings. The normalized spacial score (nSPS) is 18.7. The van der Waals surface area contributed by atoms with Gasteiger partial charge in [-0.25, -0.2) is 4.98 Å². The third-order valence-corrected chi connectivity index (χ3v) is 6.72. The summed E-state index contributed by atoms with van der Waals surface area (Å²) < 4.78 is 9.09. The predicted molar refractivity (Wildman–Crippen MR) is 127 cm³/mol. The number of fused-ring (bicyclic) bond motifs is 1. The second-order valence-electron chi connectivity index (χ2n) is 8.25. The molecule has 1 aromatic carbocycles. The molecular weight excluding hydrogens is 422 g/mol. The van der Waals surface area contributed by atoms with Crippen LogP contribution in [0.25, 0.3) is 21.3 Å². The van der Waals surface area contributed by atoms with Gasteiger partial charge in [0.1, 0.15) is 11.5 Å². The highest BCUT2D eigenvalue weighted by molar-refractivity contribution is 7.22. The molecule has 2 N–H and O–H groups in total. The zero-order chi connectivity index (χ0) is 21.9. The molecule has 166 valence electrons. The van der Waals surface area contributed by atoms with E-state index in [2.05, 4.69) is 27.3 Å². The lowest BCUT2D eigenvalue weighted by molar-refractivity contribution is 0.116. The van der Waals surface area contributed by atoms with Crippen molar-refractivity contribution in [2.45, 2.75) is 57.7 Å². The number of hydrogen-bond donors (Lipinski definition) is 2. The van der Waals surface area contributed by atoms with Crippen molar-refractivity contribution in [2.24, 2.45) is 0 Å². The van der Waals surface area contributed by atoms with Crippen molar-refractivity contribution >= 4 is 26.7 Å². The quantitative estimate of drug-likeness (QED) is 0.389. The number of rotatable bonds is 7. The Labute approximate surface area is 191 Å². The maximum absolute atomic E-state index is 10.2. The zero-order valence-electron chi connectivity index (χ0n) is 18.1. The minimum absolute atomic E-state index is 0.0792. The summed E-state index contributed by atoms with van der Waals surface area (Å²) in [5.74, 6) is 1.42. The highest BCUT2D eigenvalue weighted by Gasteiger charge is 2.23. The average molecular weight is 450 g/mol. The second-order valence-corrected chi connectivity index (χ2v) is 9.29. The van der Waals surface area contributed by atoms with E-state index in [1.165, 1.54) is 0 Å². The molecule has 5 rings (SSSR count). The van der Waals surface area contributed by atoms with Gasteiger partial charge in [-0.15, -0.1) is 0 Å². The van der Waals surface area contributed by atoms with E-state index in [4.69, 9.17) is 4.74 Å². The van der Waals surface area contributed by atoms with Gasteiger partial charge in [0.25, 0.3) is 0 Å². The summed E-state index contributed by atoms with van der Waals surface area (Å²) in [6.07, 6.45) is 12.2. The van der Waals surface area contributed by atoms with E-state index >= 15 is 0 Å². The van der Waals surface area contributed by atoms with Crippen LogP contribution in [0, 0.1) is 0 Å². The number of benzene rings is 1. The van der Waals surface area contributed by atoms with E-state index in [0.29, 0.717) is 5.75 Å². The highest BCUT2D eigenvalue weighted by Crippen LogP contribution is 2.33. The Morgan fingerprint density at radius 3 is 2.91 bits per heavy atom. The molecule has 1 aliphatic carbocycles. The average Bonchev–Trinajstić information content (AvgIpc) is 3.42. The lowest BCUT2D eigenvalue weighted by Crippen LogP contribution is -2.36. The summed E-state index contributed by atoms with van der Waals surface area (Å²) in [6.45, 7) is 3.03. The zero-order valence-corrected chi connectivity index (χ0v) is 18.9. The summed E-state index contributed by atoms with van der Waals surface area (Å²) in [6, 6.07) is 7.95. The van der Waals surface area contributed by atoms with Crippen molar-refractivity contribution in [2.75, 3.05) is 5.32 Å². The van der Waals surface area contributed by atoms with Crippen molar-refractivity contribution in [1.29, 1.82) is 0 Å². The summed E-state index contributed by atoms with van der Waals surface area (Å²) in [7, 11) is 0. The van der Waals surface area contributed by atoms with Crippen LogP contribution in [0.5, 0.6) is 11.5 Å². The van der Waals surface area contributed by atoms with Crippen LogP contribution < -0.4 is 10.1 Å². The molecule has 8 heteroatoms. The number of nitrogens with one attached hydrogen (secondary N) is 1. The largest absolute Gasteiger partial charge is 0.456 e. The van der Waals surface area contributed by atoms with E-state index in [0.717, 1.165) is 70.9 Å². The molecule has 0 radical (unpaired) electrons. The first-order chi connectivity index (χ1) is 15.7. The molecule has 0 saturated heterocycles. The maximum atomic E-state index is 10.2. The van der Waals surface area contributed by atoms with E-state index in [1.807, 2.05) is 47.5 Å². The monoisotopic (exact) mass is 449 g/mol. The van der Waals surface area contributed by atoms with Crippen LogP contribution in [0.15, 0.2) is 49.1 Å². The van der Waals surface area contributed by atoms with Gasteiger partial charge in [0.2, 0.25) is 0 Å². The Balaban J connectivity index is 1.31. The number of nitrogens with zero attached hydrogens (tertiary/aromatic N) is 4. The van der Waals surface area contributed by atoms with Gasteiger partial charge in [-0.3, -0.25) is 9.67 Å². The molecule has 7 nitrogen and oxygen atoms in total. The molecule has 2 atom stereocenters. The van der Waals surface area contributed by atoms with Crippen molar-refractivity contribution in [3.63, 3.8) is 0 Å². The number of hydrogen-bond acceptors (Lipinski definition) is 7. The number of anilines is 1. The number of aliphatic hydroxyl groups is 1. The van der Waals surface area contributed by atoms with Crippen molar-refractivity contribution in [3.05, 3.63) is 49.1 Å². The first-order valence-electron chi connectivity index (χ1n) is 11.2. The number of aromatic nitrogens is 4. The van der Waals surface area contributed by atoms with E-state index in [1.54, 1.807) is 17.5 Å². The number of thiazole rings is 1. The Morgan fingerprint density at radius 2 is 2.03 bits per heavy atom. The third kappa shape index (κ3) is 4.61. The van der Waals surface area contributed by atoms with Crippen molar-refractivity contribution < 1.29 is 9.84 Å². The van der Waals surface area contributed by atoms with Crippen LogP contribution >= 0.6 is 11.3 Å². The molecule has 3 aromatic heterocycles. The van der Waals surface area contributed by atoms with Crippen LogP contribution in [0.4, 0.5) is 5.13 Å². The highest BCUT2D eigenvalue weighted by atomic mass is 32.1. The van der Waals surface area contributed by atoms with Crippen molar-refractivity contribution in [3.8, 4) is 22.6 Å². The molecule has 1 aliphatic rings. The van der Waals surface area contributed by atoms with E-state index in [-0.39, 0.29) is 12.1 Å². The first-order valence-corrected chi connectivity index (χ1v) is 12.0. The molecule has 3 heterocycles. The Hall–Kier alpha value is -2.97. The summed E-state index contributed by atoms with van der Waals surface area (Å²) in [5, 5.41) is 18.9. The molecule has 1 saturated carbocycles. The van der Waals surface area contributed by atoms with Gasteiger partial charge in [0.05, 0.1) is 34.8 Å². The number of aliphatic hydroxyl groups excluding tert-OH is 1. The summed E-state index contributed by atoms with van der Waals surface area (Å²) in [5.41, 5.74) is 2.92. The SMILES string of the molecule is CCCn1cc(-c2cncc(Oc3ccc4nc(N[C@@H]5CCCC[C@H]5O)sc4c3)c2)cn1. The molecule has 0 unspecified atom stereocenters. The van der Waals surface area contributed by atoms with Crippen LogP contribution in [-0.2, 0) is 6.54 Å². The Bertz CT molecular complexity index is 1200. The Kier molecular flexibility index (Phi) is 6.05. The van der Waals surface area contributed by atoms with Gasteiger partial charge in [-0.05, 0) is 37.5 Å². The topological polar surface area (TPSA) is 85.1 Å². The smallest absolute Gasteiger partial charge is 0.184 e. The lowest BCUT2D eigenvalue weighted by Gasteiger charge is -2.27. The van der Waals surface area contributed by atoms with E-state index in [9.17, 15) is 5.11 Å². The fraction of sp³-hybridized carbons (Fsp3) is 0.375. The van der Waals surface area contributed by atoms with Gasteiger partial charge < -0.3 is 15.2 Å². The molecule has 0 spiro atoms. The van der Waals surface area contributed by atoms with Crippen molar-refractivity contribution in [1.82, 2.24) is 19.7 Å². The van der Waals surface area contributed by atoms with Gasteiger partial charge in [0.15, 0.2) is 5.13 Å². The molecule has 0 bridgehead atoms. The van der Waals surface area contributed by atoms with Crippen LogP contribution in [0.2, 0.25) is 0 Å². The molecular formula is C24H27N5O2S. The molecule has 32 heavy (non-hydrogen) atoms. The fourth-order valence-electron chi connectivity index (χ4n) is 4.10. The predicted octanol–water partition coefficient (Wildman–Crippen LogP) is 5.47.